The van der Waals surface area contributed by atoms with Gasteiger partial charge in [-0.2, -0.15) is 5.10 Å². The second-order valence-electron chi connectivity index (χ2n) is 4.83. The van der Waals surface area contributed by atoms with Crippen LogP contribution in [0.15, 0.2) is 36.5 Å². The Morgan fingerprint density at radius 2 is 2.09 bits per heavy atom. The van der Waals surface area contributed by atoms with Crippen molar-refractivity contribution in [1.82, 2.24) is 15.1 Å². The third-order valence-electron chi connectivity index (χ3n) is 2.96. The first kappa shape index (κ1) is 16.0. The number of halogens is 1. The lowest BCUT2D eigenvalue weighted by Crippen LogP contribution is -2.33. The van der Waals surface area contributed by atoms with Crippen molar-refractivity contribution in [2.45, 2.75) is 12.8 Å². The maximum atomic E-state index is 11.7. The second kappa shape index (κ2) is 7.61. The summed E-state index contributed by atoms with van der Waals surface area (Å²) >= 11 is 5.88. The van der Waals surface area contributed by atoms with Gasteiger partial charge in [0.1, 0.15) is 0 Å². The van der Waals surface area contributed by atoms with Crippen LogP contribution in [0.5, 0.6) is 0 Å². The Morgan fingerprint density at radius 3 is 2.77 bits per heavy atom. The van der Waals surface area contributed by atoms with Gasteiger partial charge in [0.25, 0.3) is 0 Å². The number of anilines is 1. The maximum absolute atomic E-state index is 11.7. The summed E-state index contributed by atoms with van der Waals surface area (Å²) in [6, 6.07) is 9.04. The van der Waals surface area contributed by atoms with Crippen LogP contribution in [0.2, 0.25) is 5.02 Å². The van der Waals surface area contributed by atoms with Crippen LogP contribution in [-0.4, -0.2) is 28.1 Å². The van der Waals surface area contributed by atoms with Gasteiger partial charge in [0.05, 0.1) is 6.54 Å². The molecule has 2 amide bonds. The predicted molar refractivity (Wildman–Crippen MR) is 84.6 cm³/mol. The average molecular weight is 321 g/mol. The van der Waals surface area contributed by atoms with E-state index >= 15 is 0 Å². The Hall–Kier alpha value is -2.34. The van der Waals surface area contributed by atoms with E-state index in [1.165, 1.54) is 0 Å². The molecule has 0 saturated heterocycles. The molecule has 0 aliphatic heterocycles. The number of hydrogen-bond acceptors (Lipinski definition) is 3. The zero-order chi connectivity index (χ0) is 15.9. The summed E-state index contributed by atoms with van der Waals surface area (Å²) in [5.74, 6) is -0.0355. The highest BCUT2D eigenvalue weighted by Gasteiger charge is 2.07. The summed E-state index contributed by atoms with van der Waals surface area (Å²) < 4.78 is 1.58. The first-order chi connectivity index (χ1) is 10.5. The fourth-order valence-electron chi connectivity index (χ4n) is 1.89. The molecule has 2 aromatic rings. The fraction of sp³-hybridized carbons (Fsp3) is 0.267. The number of nitrogens with zero attached hydrogens (tertiary/aromatic N) is 2. The Labute approximate surface area is 133 Å². The van der Waals surface area contributed by atoms with Crippen LogP contribution in [0.25, 0.3) is 0 Å². The molecule has 1 heterocycles. The van der Waals surface area contributed by atoms with Crippen molar-refractivity contribution in [3.05, 3.63) is 47.1 Å². The number of hydrogen-bond donors (Lipinski definition) is 2. The normalized spacial score (nSPS) is 10.3. The van der Waals surface area contributed by atoms with Crippen LogP contribution in [0, 0.1) is 0 Å². The average Bonchev–Trinajstić information content (AvgIpc) is 2.88. The fourth-order valence-corrected chi connectivity index (χ4v) is 2.10. The molecule has 0 radical (unpaired) electrons. The molecule has 0 fully saturated rings. The highest BCUT2D eigenvalue weighted by atomic mass is 35.5. The lowest BCUT2D eigenvalue weighted by molar-refractivity contribution is -0.124. The zero-order valence-corrected chi connectivity index (χ0v) is 12.9. The van der Waals surface area contributed by atoms with Crippen molar-refractivity contribution in [2.75, 3.05) is 11.9 Å². The number of rotatable bonds is 6. The lowest BCUT2D eigenvalue weighted by Gasteiger charge is -2.05. The monoisotopic (exact) mass is 320 g/mol. The SMILES string of the molecule is Cn1ccc(NC(=O)CNC(=O)CCc2cccc(Cl)c2)n1. The van der Waals surface area contributed by atoms with E-state index in [2.05, 4.69) is 15.7 Å². The van der Waals surface area contributed by atoms with Crippen LogP contribution in [-0.2, 0) is 23.1 Å². The van der Waals surface area contributed by atoms with Gasteiger partial charge in [-0.05, 0) is 24.1 Å². The molecule has 0 spiro atoms. The molecule has 0 saturated carbocycles. The van der Waals surface area contributed by atoms with Crippen molar-refractivity contribution in [3.63, 3.8) is 0 Å². The molecule has 1 aromatic heterocycles. The molecule has 0 aliphatic rings. The Balaban J connectivity index is 1.70. The Morgan fingerprint density at radius 1 is 1.27 bits per heavy atom. The van der Waals surface area contributed by atoms with Crippen LogP contribution in [0.4, 0.5) is 5.82 Å². The lowest BCUT2D eigenvalue weighted by atomic mass is 10.1. The first-order valence-corrected chi connectivity index (χ1v) is 7.21. The quantitative estimate of drug-likeness (QED) is 0.851. The van der Waals surface area contributed by atoms with Gasteiger partial charge in [0.2, 0.25) is 11.8 Å². The third kappa shape index (κ3) is 5.21. The van der Waals surface area contributed by atoms with E-state index in [1.807, 2.05) is 18.2 Å². The summed E-state index contributed by atoms with van der Waals surface area (Å²) in [6.07, 6.45) is 2.60. The highest BCUT2D eigenvalue weighted by Crippen LogP contribution is 2.12. The zero-order valence-electron chi connectivity index (χ0n) is 12.2. The van der Waals surface area contributed by atoms with E-state index in [9.17, 15) is 9.59 Å². The molecule has 0 bridgehead atoms. The van der Waals surface area contributed by atoms with E-state index in [0.29, 0.717) is 23.7 Å². The Kier molecular flexibility index (Phi) is 5.55. The number of benzene rings is 1. The molecule has 22 heavy (non-hydrogen) atoms. The van der Waals surface area contributed by atoms with Crippen molar-refractivity contribution in [3.8, 4) is 0 Å². The van der Waals surface area contributed by atoms with Crippen molar-refractivity contribution in [2.24, 2.45) is 7.05 Å². The summed E-state index contributed by atoms with van der Waals surface area (Å²) in [4.78, 5) is 23.4. The van der Waals surface area contributed by atoms with Crippen LogP contribution in [0.3, 0.4) is 0 Å². The second-order valence-corrected chi connectivity index (χ2v) is 5.27. The van der Waals surface area contributed by atoms with Crippen molar-refractivity contribution in [1.29, 1.82) is 0 Å². The smallest absolute Gasteiger partial charge is 0.244 e. The molecule has 0 unspecified atom stereocenters. The van der Waals surface area contributed by atoms with Gasteiger partial charge in [-0.15, -0.1) is 0 Å². The number of aryl methyl sites for hydroxylation is 2. The first-order valence-electron chi connectivity index (χ1n) is 6.83. The maximum Gasteiger partial charge on any atom is 0.244 e. The number of amides is 2. The number of nitrogens with one attached hydrogen (secondary N) is 2. The minimum Gasteiger partial charge on any atom is -0.347 e. The van der Waals surface area contributed by atoms with Crippen LogP contribution >= 0.6 is 11.6 Å². The molecule has 2 rings (SSSR count). The number of aromatic nitrogens is 2. The van der Waals surface area contributed by atoms with Gasteiger partial charge in [0.15, 0.2) is 5.82 Å². The molecule has 2 N–H and O–H groups in total. The molecule has 6 nitrogen and oxygen atoms in total. The molecular formula is C15H17ClN4O2. The summed E-state index contributed by atoms with van der Waals surface area (Å²) in [5, 5.41) is 9.84. The van der Waals surface area contributed by atoms with Gasteiger partial charge in [-0.3, -0.25) is 14.3 Å². The third-order valence-corrected chi connectivity index (χ3v) is 3.19. The standard InChI is InChI=1S/C15H17ClN4O2/c1-20-8-7-13(19-20)18-15(22)10-17-14(21)6-5-11-3-2-4-12(16)9-11/h2-4,7-9H,5-6,10H2,1H3,(H,17,21)(H,18,19,22). The number of carbonyl (C=O) groups excluding carboxylic acids is 2. The largest absolute Gasteiger partial charge is 0.347 e. The highest BCUT2D eigenvalue weighted by molar-refractivity contribution is 6.30. The minimum atomic E-state index is -0.310. The van der Waals surface area contributed by atoms with E-state index in [4.69, 9.17) is 11.6 Å². The molecule has 116 valence electrons. The van der Waals surface area contributed by atoms with Gasteiger partial charge in [-0.1, -0.05) is 23.7 Å². The van der Waals surface area contributed by atoms with Crippen molar-refractivity contribution >= 4 is 29.2 Å². The minimum absolute atomic E-state index is 0.0784. The summed E-state index contributed by atoms with van der Waals surface area (Å²) in [5.41, 5.74) is 0.987. The van der Waals surface area contributed by atoms with Crippen LogP contribution in [0.1, 0.15) is 12.0 Å². The van der Waals surface area contributed by atoms with Gasteiger partial charge in [0, 0.05) is 30.8 Å². The van der Waals surface area contributed by atoms with E-state index in [1.54, 1.807) is 30.1 Å². The van der Waals surface area contributed by atoms with Gasteiger partial charge < -0.3 is 10.6 Å². The van der Waals surface area contributed by atoms with Crippen molar-refractivity contribution < 1.29 is 9.59 Å². The molecule has 1 aromatic carbocycles. The molecular weight excluding hydrogens is 304 g/mol. The van der Waals surface area contributed by atoms with E-state index in [0.717, 1.165) is 5.56 Å². The predicted octanol–water partition coefficient (Wildman–Crippen LogP) is 1.76. The van der Waals surface area contributed by atoms with E-state index < -0.39 is 0 Å². The van der Waals surface area contributed by atoms with Gasteiger partial charge in [-0.25, -0.2) is 0 Å². The van der Waals surface area contributed by atoms with Crippen LogP contribution < -0.4 is 10.6 Å². The summed E-state index contributed by atoms with van der Waals surface area (Å²) in [7, 11) is 1.76. The molecule has 0 aliphatic carbocycles. The summed E-state index contributed by atoms with van der Waals surface area (Å²) in [6.45, 7) is -0.0784. The number of carbonyl (C=O) groups is 2. The molecule has 7 heteroatoms. The Bertz CT molecular complexity index is 669. The topological polar surface area (TPSA) is 76.0 Å². The van der Waals surface area contributed by atoms with Gasteiger partial charge >= 0.3 is 0 Å². The van der Waals surface area contributed by atoms with E-state index in [-0.39, 0.29) is 18.4 Å². The molecule has 0 atom stereocenters.